The van der Waals surface area contributed by atoms with Gasteiger partial charge >= 0.3 is 0 Å². The number of hydrogen-bond donors (Lipinski definition) is 3. The number of ketones is 1. The third-order valence-electron chi connectivity index (χ3n) is 7.89. The van der Waals surface area contributed by atoms with Crippen molar-refractivity contribution in [3.63, 3.8) is 0 Å². The van der Waals surface area contributed by atoms with Crippen LogP contribution in [0.3, 0.4) is 0 Å². The molecule has 0 aliphatic rings. The molecule has 0 bridgehead atoms. The number of nitrogens with zero attached hydrogens (tertiary/aromatic N) is 1. The lowest BCUT2D eigenvalue weighted by Gasteiger charge is -2.22. The number of Topliss-reactive ketones (excluding diaryl/α,β-unsaturated/α-hetero) is 1. The molecule has 0 radical (unpaired) electrons. The van der Waals surface area contributed by atoms with Crippen molar-refractivity contribution < 1.29 is 18.8 Å². The predicted octanol–water partition coefficient (Wildman–Crippen LogP) is 7.06. The molecule has 0 spiro atoms. The highest BCUT2D eigenvalue weighted by Crippen LogP contribution is 2.25. The molecule has 4 aromatic carbocycles. The minimum atomic E-state index is -0.978. The maximum absolute atomic E-state index is 13.9. The van der Waals surface area contributed by atoms with Crippen molar-refractivity contribution in [2.75, 3.05) is 0 Å². The first-order chi connectivity index (χ1) is 21.8. The standard InChI is InChI=1S/C36H31ClN4O4/c1-3-27(33(42)36-41-28-11-4-5-13-31(28)45-36)39-35(44)30(19-25-20-38-29-12-6-8-21(2)32(25)29)40-34(43)23-16-14-22(15-17-23)24-9-7-10-26(37)18-24/h4-18,20,27,30,38H,3,19H2,1-2H3,(H,39,44)(H,40,43)/t27?,30-/m0/s1. The summed E-state index contributed by atoms with van der Waals surface area (Å²) in [4.78, 5) is 48.3. The molecular weight excluding hydrogens is 588 g/mol. The fourth-order valence-electron chi connectivity index (χ4n) is 5.52. The number of hydrogen-bond acceptors (Lipinski definition) is 5. The lowest BCUT2D eigenvalue weighted by molar-refractivity contribution is -0.123. The lowest BCUT2D eigenvalue weighted by Crippen LogP contribution is -2.52. The number of H-pyrrole nitrogens is 1. The smallest absolute Gasteiger partial charge is 0.266 e. The Labute approximate surface area is 264 Å². The van der Waals surface area contributed by atoms with E-state index in [0.29, 0.717) is 28.1 Å². The van der Waals surface area contributed by atoms with E-state index in [1.165, 1.54) is 0 Å². The third kappa shape index (κ3) is 6.37. The van der Waals surface area contributed by atoms with Crippen LogP contribution in [0.1, 0.15) is 45.5 Å². The molecule has 3 N–H and O–H groups in total. The Hall–Kier alpha value is -5.21. The second-order valence-corrected chi connectivity index (χ2v) is 11.4. The highest BCUT2D eigenvalue weighted by atomic mass is 35.5. The number of halogens is 1. The SMILES string of the molecule is CCC(NC(=O)[C@H](Cc1c[nH]c2cccc(C)c12)NC(=O)c1ccc(-c2cccc(Cl)c2)cc1)C(=O)c1nc2ccccc2o1. The van der Waals surface area contributed by atoms with E-state index in [1.54, 1.807) is 43.3 Å². The number of aromatic nitrogens is 2. The summed E-state index contributed by atoms with van der Waals surface area (Å²) in [7, 11) is 0. The molecule has 45 heavy (non-hydrogen) atoms. The molecule has 1 unspecified atom stereocenters. The number of benzene rings is 4. The summed E-state index contributed by atoms with van der Waals surface area (Å²) in [5.41, 5.74) is 6.12. The minimum Gasteiger partial charge on any atom is -0.434 e. The van der Waals surface area contributed by atoms with Crippen LogP contribution in [0.4, 0.5) is 0 Å². The van der Waals surface area contributed by atoms with Crippen LogP contribution in [0.25, 0.3) is 33.1 Å². The van der Waals surface area contributed by atoms with Gasteiger partial charge in [-0.3, -0.25) is 14.4 Å². The zero-order valence-electron chi connectivity index (χ0n) is 24.8. The van der Waals surface area contributed by atoms with Crippen molar-refractivity contribution in [2.45, 2.75) is 38.8 Å². The van der Waals surface area contributed by atoms with Gasteiger partial charge in [0.05, 0.1) is 6.04 Å². The van der Waals surface area contributed by atoms with Crippen molar-refractivity contribution >= 4 is 51.2 Å². The van der Waals surface area contributed by atoms with E-state index in [9.17, 15) is 14.4 Å². The van der Waals surface area contributed by atoms with Crippen LogP contribution in [-0.2, 0) is 11.2 Å². The Morgan fingerprint density at radius 2 is 1.67 bits per heavy atom. The van der Waals surface area contributed by atoms with Gasteiger partial charge in [-0.1, -0.05) is 67.1 Å². The number of aromatic amines is 1. The van der Waals surface area contributed by atoms with E-state index in [0.717, 1.165) is 33.2 Å². The van der Waals surface area contributed by atoms with Gasteiger partial charge in [0.1, 0.15) is 11.6 Å². The van der Waals surface area contributed by atoms with Crippen LogP contribution < -0.4 is 10.6 Å². The van der Waals surface area contributed by atoms with Gasteiger partial charge in [0.25, 0.3) is 11.8 Å². The summed E-state index contributed by atoms with van der Waals surface area (Å²) in [6.45, 7) is 3.80. The quantitative estimate of drug-likeness (QED) is 0.142. The van der Waals surface area contributed by atoms with Crippen molar-refractivity contribution in [2.24, 2.45) is 0 Å². The summed E-state index contributed by atoms with van der Waals surface area (Å²) < 4.78 is 5.68. The maximum Gasteiger partial charge on any atom is 0.266 e. The molecule has 9 heteroatoms. The number of nitrogens with one attached hydrogen (secondary N) is 3. The summed E-state index contributed by atoms with van der Waals surface area (Å²) in [5, 5.41) is 7.38. The summed E-state index contributed by atoms with van der Waals surface area (Å²) in [5.74, 6) is -1.41. The molecule has 2 heterocycles. The molecule has 226 valence electrons. The molecule has 0 fully saturated rings. The highest BCUT2D eigenvalue weighted by Gasteiger charge is 2.30. The molecule has 2 amide bonds. The number of carbonyl (C=O) groups is 3. The number of fused-ring (bicyclic) bond motifs is 2. The molecule has 2 atom stereocenters. The van der Waals surface area contributed by atoms with Gasteiger partial charge in [0, 0.05) is 34.1 Å². The fourth-order valence-corrected chi connectivity index (χ4v) is 5.71. The second-order valence-electron chi connectivity index (χ2n) is 10.9. The van der Waals surface area contributed by atoms with Gasteiger partial charge in [-0.15, -0.1) is 0 Å². The number of aryl methyl sites for hydroxylation is 1. The monoisotopic (exact) mass is 618 g/mol. The lowest BCUT2D eigenvalue weighted by atomic mass is 9.99. The van der Waals surface area contributed by atoms with E-state index in [2.05, 4.69) is 20.6 Å². The van der Waals surface area contributed by atoms with Crippen LogP contribution in [0.2, 0.25) is 5.02 Å². The molecule has 6 aromatic rings. The minimum absolute atomic E-state index is 0.0732. The number of para-hydroxylation sites is 2. The summed E-state index contributed by atoms with van der Waals surface area (Å²) >= 11 is 6.15. The van der Waals surface area contributed by atoms with E-state index in [-0.39, 0.29) is 12.3 Å². The van der Waals surface area contributed by atoms with Crippen molar-refractivity contribution in [1.82, 2.24) is 20.6 Å². The molecule has 0 saturated heterocycles. The highest BCUT2D eigenvalue weighted by molar-refractivity contribution is 6.30. The number of amides is 2. The topological polar surface area (TPSA) is 117 Å². The molecule has 6 rings (SSSR count). The van der Waals surface area contributed by atoms with Crippen LogP contribution in [0.15, 0.2) is 102 Å². The fraction of sp³-hybridized carbons (Fsp3) is 0.167. The average molecular weight is 619 g/mol. The first-order valence-corrected chi connectivity index (χ1v) is 15.1. The number of carbonyl (C=O) groups excluding carboxylic acids is 3. The Morgan fingerprint density at radius 3 is 2.42 bits per heavy atom. The van der Waals surface area contributed by atoms with Crippen molar-refractivity contribution in [3.05, 3.63) is 125 Å². The largest absolute Gasteiger partial charge is 0.434 e. The van der Waals surface area contributed by atoms with Crippen molar-refractivity contribution in [3.8, 4) is 11.1 Å². The number of oxazole rings is 1. The van der Waals surface area contributed by atoms with Crippen molar-refractivity contribution in [1.29, 1.82) is 0 Å². The zero-order chi connectivity index (χ0) is 31.5. The molecular formula is C36H31ClN4O4. The van der Waals surface area contributed by atoms with E-state index >= 15 is 0 Å². The molecule has 0 aliphatic carbocycles. The van der Waals surface area contributed by atoms with E-state index in [1.807, 2.05) is 67.7 Å². The van der Waals surface area contributed by atoms with Crippen LogP contribution in [0, 0.1) is 6.92 Å². The van der Waals surface area contributed by atoms with Gasteiger partial charge < -0.3 is 20.0 Å². The average Bonchev–Trinajstić information content (AvgIpc) is 3.68. The summed E-state index contributed by atoms with van der Waals surface area (Å²) in [6, 6.07) is 25.7. The Kier molecular flexibility index (Phi) is 8.49. The maximum atomic E-state index is 13.9. The van der Waals surface area contributed by atoms with Gasteiger partial charge in [-0.2, -0.15) is 0 Å². The van der Waals surface area contributed by atoms with Crippen LogP contribution in [-0.4, -0.2) is 39.6 Å². The van der Waals surface area contributed by atoms with Gasteiger partial charge in [0.2, 0.25) is 11.7 Å². The Bertz CT molecular complexity index is 2000. The first-order valence-electron chi connectivity index (χ1n) is 14.7. The van der Waals surface area contributed by atoms with Gasteiger partial charge in [0.15, 0.2) is 5.58 Å². The van der Waals surface area contributed by atoms with Gasteiger partial charge in [-0.25, -0.2) is 4.98 Å². The van der Waals surface area contributed by atoms with E-state index < -0.39 is 29.7 Å². The van der Waals surface area contributed by atoms with Gasteiger partial charge in [-0.05, 0) is 78.1 Å². The zero-order valence-corrected chi connectivity index (χ0v) is 25.5. The number of rotatable bonds is 10. The van der Waals surface area contributed by atoms with E-state index in [4.69, 9.17) is 16.0 Å². The van der Waals surface area contributed by atoms with Crippen LogP contribution in [0.5, 0.6) is 0 Å². The van der Waals surface area contributed by atoms with Crippen LogP contribution >= 0.6 is 11.6 Å². The second kappa shape index (κ2) is 12.8. The molecule has 2 aromatic heterocycles. The predicted molar refractivity (Wildman–Crippen MR) is 175 cm³/mol. The summed E-state index contributed by atoms with van der Waals surface area (Å²) in [6.07, 6.45) is 2.36. The molecule has 8 nitrogen and oxygen atoms in total. The molecule has 0 saturated carbocycles. The third-order valence-corrected chi connectivity index (χ3v) is 8.13. The Morgan fingerprint density at radius 1 is 0.889 bits per heavy atom. The first kappa shape index (κ1) is 29.8. The molecule has 0 aliphatic heterocycles. The normalized spacial score (nSPS) is 12.6. The Balaban J connectivity index is 1.25.